The van der Waals surface area contributed by atoms with Crippen LogP contribution in [0, 0.1) is 0 Å². The highest BCUT2D eigenvalue weighted by atomic mass is 16.7. The zero-order valence-corrected chi connectivity index (χ0v) is 16.2. The van der Waals surface area contributed by atoms with Crippen LogP contribution in [0.25, 0.3) is 0 Å². The quantitative estimate of drug-likeness (QED) is 0.301. The molecule has 23 heavy (non-hydrogen) atoms. The molecule has 1 aliphatic heterocycles. The van der Waals surface area contributed by atoms with Crippen LogP contribution in [0.4, 0.5) is 0 Å². The smallest absolute Gasteiger partial charge is 0.163 e. The first-order valence-electron chi connectivity index (χ1n) is 10.5. The molecule has 0 amide bonds. The second kappa shape index (κ2) is 13.2. The molecule has 1 atom stereocenters. The van der Waals surface area contributed by atoms with Gasteiger partial charge in [0.05, 0.1) is 12.7 Å². The van der Waals surface area contributed by atoms with E-state index in [1.54, 1.807) is 0 Å². The Balaban J connectivity index is 1.72. The molecule has 2 heteroatoms. The molecule has 1 unspecified atom stereocenters. The lowest BCUT2D eigenvalue weighted by molar-refractivity contribution is -0.139. The topological polar surface area (TPSA) is 18.5 Å². The number of ether oxygens (including phenoxy) is 2. The zero-order chi connectivity index (χ0) is 16.8. The Hall–Kier alpha value is -0.0800. The van der Waals surface area contributed by atoms with Crippen LogP contribution in [0.3, 0.4) is 0 Å². The van der Waals surface area contributed by atoms with Gasteiger partial charge in [0.1, 0.15) is 0 Å². The van der Waals surface area contributed by atoms with Gasteiger partial charge in [-0.15, -0.1) is 0 Å². The third-order valence-electron chi connectivity index (χ3n) is 4.95. The third kappa shape index (κ3) is 12.0. The molecule has 1 saturated heterocycles. The van der Waals surface area contributed by atoms with E-state index >= 15 is 0 Å². The third-order valence-corrected chi connectivity index (χ3v) is 4.95. The Labute approximate surface area is 145 Å². The fourth-order valence-corrected chi connectivity index (χ4v) is 3.47. The van der Waals surface area contributed by atoms with Crippen LogP contribution in [-0.2, 0) is 9.47 Å². The minimum absolute atomic E-state index is 0.335. The normalized spacial score (nSPS) is 20.2. The molecule has 0 bridgehead atoms. The molecule has 0 aromatic rings. The second-order valence-corrected chi connectivity index (χ2v) is 7.84. The fourth-order valence-electron chi connectivity index (χ4n) is 3.47. The molecule has 0 aliphatic carbocycles. The summed E-state index contributed by atoms with van der Waals surface area (Å²) in [7, 11) is 0. The maximum atomic E-state index is 5.84. The molecule has 0 spiro atoms. The van der Waals surface area contributed by atoms with Crippen molar-refractivity contribution in [3.63, 3.8) is 0 Å². The summed E-state index contributed by atoms with van der Waals surface area (Å²) in [6.07, 6.45) is 21.4. The maximum absolute atomic E-state index is 5.84. The number of hydrogen-bond donors (Lipinski definition) is 0. The van der Waals surface area contributed by atoms with E-state index in [-0.39, 0.29) is 5.79 Å². The predicted molar refractivity (Wildman–Crippen MR) is 99.8 cm³/mol. The van der Waals surface area contributed by atoms with Gasteiger partial charge in [-0.05, 0) is 20.3 Å². The van der Waals surface area contributed by atoms with Gasteiger partial charge in [-0.2, -0.15) is 0 Å². The number of hydrogen-bond acceptors (Lipinski definition) is 2. The van der Waals surface area contributed by atoms with Crippen LogP contribution < -0.4 is 0 Å². The first kappa shape index (κ1) is 21.0. The summed E-state index contributed by atoms with van der Waals surface area (Å²) in [6.45, 7) is 7.10. The van der Waals surface area contributed by atoms with Crippen LogP contribution in [0.1, 0.15) is 117 Å². The Kier molecular flexibility index (Phi) is 12.1. The van der Waals surface area contributed by atoms with E-state index in [2.05, 4.69) is 6.92 Å². The van der Waals surface area contributed by atoms with Gasteiger partial charge in [0.2, 0.25) is 0 Å². The van der Waals surface area contributed by atoms with E-state index in [0.717, 1.165) is 6.61 Å². The lowest BCUT2D eigenvalue weighted by Gasteiger charge is -2.16. The molecule has 138 valence electrons. The summed E-state index contributed by atoms with van der Waals surface area (Å²) < 4.78 is 11.4. The van der Waals surface area contributed by atoms with Gasteiger partial charge in [0.15, 0.2) is 5.79 Å². The van der Waals surface area contributed by atoms with E-state index in [9.17, 15) is 0 Å². The van der Waals surface area contributed by atoms with Crippen molar-refractivity contribution >= 4 is 0 Å². The molecule has 1 heterocycles. The molecule has 0 aromatic carbocycles. The standard InChI is InChI=1S/C21H42O2/c1-4-5-6-7-8-9-10-11-12-13-14-15-16-17-18-20-19-22-21(2,3)23-20/h20H,4-19H2,1-3H3. The highest BCUT2D eigenvalue weighted by molar-refractivity contribution is 4.70. The summed E-state index contributed by atoms with van der Waals surface area (Å²) in [4.78, 5) is 0. The summed E-state index contributed by atoms with van der Waals surface area (Å²) in [5, 5.41) is 0. The maximum Gasteiger partial charge on any atom is 0.163 e. The second-order valence-electron chi connectivity index (χ2n) is 7.84. The molecule has 0 radical (unpaired) electrons. The zero-order valence-electron chi connectivity index (χ0n) is 16.2. The summed E-state index contributed by atoms with van der Waals surface area (Å²) >= 11 is 0. The first-order chi connectivity index (χ1) is 11.1. The van der Waals surface area contributed by atoms with Crippen molar-refractivity contribution in [1.82, 2.24) is 0 Å². The van der Waals surface area contributed by atoms with Crippen molar-refractivity contribution in [2.75, 3.05) is 6.61 Å². The number of rotatable bonds is 15. The van der Waals surface area contributed by atoms with E-state index in [4.69, 9.17) is 9.47 Å². The SMILES string of the molecule is CCCCCCCCCCCCCCCCC1COC(C)(C)O1. The highest BCUT2D eigenvalue weighted by Gasteiger charge is 2.31. The average molecular weight is 327 g/mol. The minimum atomic E-state index is -0.347. The Morgan fingerprint density at radius 2 is 1.13 bits per heavy atom. The van der Waals surface area contributed by atoms with Crippen LogP contribution in [0.15, 0.2) is 0 Å². The Bertz CT molecular complexity index is 263. The van der Waals surface area contributed by atoms with Crippen molar-refractivity contribution < 1.29 is 9.47 Å². The molecule has 1 aliphatic rings. The van der Waals surface area contributed by atoms with Crippen molar-refractivity contribution in [2.24, 2.45) is 0 Å². The van der Waals surface area contributed by atoms with Gasteiger partial charge in [0, 0.05) is 0 Å². The van der Waals surface area contributed by atoms with Gasteiger partial charge in [-0.3, -0.25) is 0 Å². The predicted octanol–water partition coefficient (Wildman–Crippen LogP) is 7.01. The molecule has 0 aromatic heterocycles. The van der Waals surface area contributed by atoms with E-state index in [1.807, 2.05) is 13.8 Å². The van der Waals surface area contributed by atoms with Crippen molar-refractivity contribution in [3.8, 4) is 0 Å². The largest absolute Gasteiger partial charge is 0.348 e. The Morgan fingerprint density at radius 1 is 0.696 bits per heavy atom. The summed E-state index contributed by atoms with van der Waals surface area (Å²) in [5.74, 6) is -0.347. The minimum Gasteiger partial charge on any atom is -0.348 e. The molecule has 2 nitrogen and oxygen atoms in total. The van der Waals surface area contributed by atoms with E-state index < -0.39 is 0 Å². The summed E-state index contributed by atoms with van der Waals surface area (Å²) in [5.41, 5.74) is 0. The van der Waals surface area contributed by atoms with E-state index in [0.29, 0.717) is 6.10 Å². The molecule has 0 N–H and O–H groups in total. The monoisotopic (exact) mass is 326 g/mol. The lowest BCUT2D eigenvalue weighted by Crippen LogP contribution is -2.21. The van der Waals surface area contributed by atoms with Crippen LogP contribution in [0.2, 0.25) is 0 Å². The Morgan fingerprint density at radius 3 is 1.52 bits per heavy atom. The first-order valence-corrected chi connectivity index (χ1v) is 10.5. The lowest BCUT2D eigenvalue weighted by atomic mass is 10.0. The summed E-state index contributed by atoms with van der Waals surface area (Å²) in [6, 6.07) is 0. The molecular weight excluding hydrogens is 284 g/mol. The van der Waals surface area contributed by atoms with Crippen molar-refractivity contribution in [1.29, 1.82) is 0 Å². The van der Waals surface area contributed by atoms with E-state index in [1.165, 1.54) is 96.3 Å². The molecule has 0 saturated carbocycles. The highest BCUT2D eigenvalue weighted by Crippen LogP contribution is 2.25. The van der Waals surface area contributed by atoms with Crippen LogP contribution >= 0.6 is 0 Å². The van der Waals surface area contributed by atoms with Crippen molar-refractivity contribution in [2.45, 2.75) is 129 Å². The van der Waals surface area contributed by atoms with Gasteiger partial charge < -0.3 is 9.47 Å². The van der Waals surface area contributed by atoms with Crippen molar-refractivity contribution in [3.05, 3.63) is 0 Å². The van der Waals surface area contributed by atoms with Gasteiger partial charge in [-0.25, -0.2) is 0 Å². The molecule has 1 fully saturated rings. The molecule has 1 rings (SSSR count). The molecular formula is C21H42O2. The number of unbranched alkanes of at least 4 members (excludes halogenated alkanes) is 13. The van der Waals surface area contributed by atoms with Gasteiger partial charge in [-0.1, -0.05) is 96.8 Å². The van der Waals surface area contributed by atoms with Gasteiger partial charge >= 0.3 is 0 Å². The van der Waals surface area contributed by atoms with Crippen LogP contribution in [-0.4, -0.2) is 18.5 Å². The van der Waals surface area contributed by atoms with Gasteiger partial charge in [0.25, 0.3) is 0 Å². The fraction of sp³-hybridized carbons (Fsp3) is 1.00. The van der Waals surface area contributed by atoms with Crippen LogP contribution in [0.5, 0.6) is 0 Å². The average Bonchev–Trinajstić information content (AvgIpc) is 2.87.